The molecule has 0 spiro atoms. The molecule has 3 nitrogen and oxygen atoms in total. The normalized spacial score (nSPS) is 11.1. The van der Waals surface area contributed by atoms with E-state index in [2.05, 4.69) is 122 Å². The smallest absolute Gasteiger partial charge is 0.150 e. The van der Waals surface area contributed by atoms with Crippen LogP contribution in [-0.4, -0.2) is 16.3 Å². The zero-order valence-corrected chi connectivity index (χ0v) is 22.8. The quantitative estimate of drug-likeness (QED) is 0.198. The first kappa shape index (κ1) is 23.6. The van der Waals surface area contributed by atoms with Crippen molar-refractivity contribution >= 4 is 49.2 Å². The van der Waals surface area contributed by atoms with Gasteiger partial charge < -0.3 is 4.98 Å². The molecule has 0 amide bonds. The van der Waals surface area contributed by atoms with Crippen molar-refractivity contribution in [2.45, 2.75) is 0 Å². The van der Waals surface area contributed by atoms with Gasteiger partial charge in [0.05, 0.1) is 11.0 Å². The maximum Gasteiger partial charge on any atom is 0.150 e. The minimum Gasteiger partial charge on any atom is -0.337 e. The molecule has 0 unspecified atom stereocenters. The van der Waals surface area contributed by atoms with Gasteiger partial charge in [-0.05, 0) is 46.5 Å². The van der Waals surface area contributed by atoms with E-state index >= 15 is 0 Å². The first-order valence-electron chi connectivity index (χ1n) is 11.8. The Labute approximate surface area is 231 Å². The Hall–Kier alpha value is -3.80. The van der Waals surface area contributed by atoms with E-state index in [0.29, 0.717) is 5.56 Å². The number of H-pyrrole nitrogens is 1. The fraction of sp³-hybridized carbons (Fsp3) is 0. The number of halogens is 2. The van der Waals surface area contributed by atoms with Crippen molar-refractivity contribution in [2.75, 3.05) is 0 Å². The molecule has 0 aliphatic heterocycles. The molecule has 0 saturated heterocycles. The first-order valence-corrected chi connectivity index (χ1v) is 13.4. The molecule has 6 rings (SSSR count). The van der Waals surface area contributed by atoms with Crippen LogP contribution in [0.4, 0.5) is 0 Å². The molecular weight excluding hydrogens is 588 g/mol. The molecule has 0 saturated carbocycles. The molecule has 6 aromatic rings. The molecular formula is C32H20Br2N2O. The van der Waals surface area contributed by atoms with Gasteiger partial charge in [0.25, 0.3) is 0 Å². The number of fused-ring (bicyclic) bond motifs is 1. The predicted octanol–water partition coefficient (Wildman–Crippen LogP) is 9.57. The van der Waals surface area contributed by atoms with E-state index < -0.39 is 0 Å². The van der Waals surface area contributed by atoms with E-state index in [1.807, 2.05) is 24.3 Å². The van der Waals surface area contributed by atoms with Crippen LogP contribution in [-0.2, 0) is 0 Å². The predicted molar refractivity (Wildman–Crippen MR) is 159 cm³/mol. The molecule has 0 bridgehead atoms. The Morgan fingerprint density at radius 1 is 0.541 bits per heavy atom. The first-order chi connectivity index (χ1) is 18.1. The summed E-state index contributed by atoms with van der Waals surface area (Å²) >= 11 is 7.08. The maximum atomic E-state index is 11.0. The minimum absolute atomic E-state index is 0.672. The van der Waals surface area contributed by atoms with Gasteiger partial charge in [0.2, 0.25) is 0 Å². The highest BCUT2D eigenvalue weighted by Crippen LogP contribution is 2.37. The van der Waals surface area contributed by atoms with Gasteiger partial charge in [0.15, 0.2) is 0 Å². The zero-order chi connectivity index (χ0) is 25.4. The van der Waals surface area contributed by atoms with E-state index in [9.17, 15) is 4.79 Å². The lowest BCUT2D eigenvalue weighted by atomic mass is 9.98. The third-order valence-corrected chi connectivity index (χ3v) is 7.55. The lowest BCUT2D eigenvalue weighted by Gasteiger charge is -2.08. The molecule has 0 aliphatic carbocycles. The molecule has 0 atom stereocenters. The summed E-state index contributed by atoms with van der Waals surface area (Å²) in [5.74, 6) is 0.820. The van der Waals surface area contributed by atoms with Crippen molar-refractivity contribution in [1.29, 1.82) is 0 Å². The summed E-state index contributed by atoms with van der Waals surface area (Å²) in [6.07, 6.45) is 0.861. The number of aldehydes is 1. The summed E-state index contributed by atoms with van der Waals surface area (Å²) in [6.45, 7) is 0. The number of nitrogens with zero attached hydrogens (tertiary/aromatic N) is 1. The summed E-state index contributed by atoms with van der Waals surface area (Å²) in [6, 6.07) is 36.9. The molecule has 5 aromatic carbocycles. The van der Waals surface area contributed by atoms with Crippen molar-refractivity contribution in [2.24, 2.45) is 0 Å². The number of carbonyl (C=O) groups is 1. The number of hydrogen-bond acceptors (Lipinski definition) is 2. The summed E-state index contributed by atoms with van der Waals surface area (Å²) in [5.41, 5.74) is 10.2. The molecule has 0 radical (unpaired) electrons. The number of imidazole rings is 1. The fourth-order valence-corrected chi connectivity index (χ4v) is 5.06. The van der Waals surface area contributed by atoms with Gasteiger partial charge in [-0.1, -0.05) is 117 Å². The van der Waals surface area contributed by atoms with Gasteiger partial charge in [-0.15, -0.1) is 0 Å². The fourth-order valence-electron chi connectivity index (χ4n) is 4.54. The van der Waals surface area contributed by atoms with Crippen LogP contribution >= 0.6 is 31.9 Å². The Kier molecular flexibility index (Phi) is 6.33. The molecule has 37 heavy (non-hydrogen) atoms. The number of nitrogens with one attached hydrogen (secondary N) is 1. The van der Waals surface area contributed by atoms with E-state index in [-0.39, 0.29) is 0 Å². The molecule has 0 aliphatic rings. The van der Waals surface area contributed by atoms with Crippen LogP contribution in [0.25, 0.3) is 55.8 Å². The zero-order valence-electron chi connectivity index (χ0n) is 19.6. The van der Waals surface area contributed by atoms with Crippen LogP contribution in [0.3, 0.4) is 0 Å². The molecule has 0 fully saturated rings. The lowest BCUT2D eigenvalue weighted by Crippen LogP contribution is -1.85. The van der Waals surface area contributed by atoms with Gasteiger partial charge in [-0.2, -0.15) is 0 Å². The second-order valence-corrected chi connectivity index (χ2v) is 10.6. The maximum absolute atomic E-state index is 11.0. The Balaban J connectivity index is 1.46. The van der Waals surface area contributed by atoms with Crippen LogP contribution in [0, 0.1) is 0 Å². The SMILES string of the molecule is O=Cc1ccc(-c2ccc(-c3nc4c(-c5ccc(Br)cc5)ccc(-c5ccc(Br)cc5)c4[nH]3)cc2)cc1. The van der Waals surface area contributed by atoms with Crippen molar-refractivity contribution in [3.8, 4) is 44.8 Å². The topological polar surface area (TPSA) is 45.8 Å². The van der Waals surface area contributed by atoms with Gasteiger partial charge in [-0.25, -0.2) is 4.98 Å². The molecule has 1 aromatic heterocycles. The van der Waals surface area contributed by atoms with E-state index in [0.717, 1.165) is 71.0 Å². The summed E-state index contributed by atoms with van der Waals surface area (Å²) in [4.78, 5) is 19.7. The van der Waals surface area contributed by atoms with Gasteiger partial charge in [-0.3, -0.25) is 4.79 Å². The number of hydrogen-bond donors (Lipinski definition) is 1. The number of carbonyl (C=O) groups excluding carboxylic acids is 1. The second-order valence-electron chi connectivity index (χ2n) is 8.80. The van der Waals surface area contributed by atoms with Crippen LogP contribution in [0.5, 0.6) is 0 Å². The summed E-state index contributed by atoms with van der Waals surface area (Å²) in [5, 5.41) is 0. The van der Waals surface area contributed by atoms with Crippen molar-refractivity contribution in [3.63, 3.8) is 0 Å². The van der Waals surface area contributed by atoms with Crippen molar-refractivity contribution in [1.82, 2.24) is 9.97 Å². The summed E-state index contributed by atoms with van der Waals surface area (Å²) < 4.78 is 2.09. The van der Waals surface area contributed by atoms with Crippen molar-refractivity contribution in [3.05, 3.63) is 124 Å². The van der Waals surface area contributed by atoms with Gasteiger partial charge in [0.1, 0.15) is 12.1 Å². The molecule has 1 heterocycles. The highest BCUT2D eigenvalue weighted by Gasteiger charge is 2.15. The Morgan fingerprint density at radius 2 is 1.00 bits per heavy atom. The van der Waals surface area contributed by atoms with Gasteiger partial charge in [0, 0.05) is 31.2 Å². The van der Waals surface area contributed by atoms with Crippen molar-refractivity contribution < 1.29 is 4.79 Å². The number of rotatable bonds is 5. The standard InChI is InChI=1S/C32H20Br2N2O/c33-26-13-9-23(10-14-26)28-17-18-29(24-11-15-27(34)16-12-24)31-30(28)35-32(36-31)25-7-5-22(6-8-25)21-3-1-20(19-37)2-4-21/h1-19H,(H,35,36). The Bertz CT molecular complexity index is 1640. The van der Waals surface area contributed by atoms with Crippen LogP contribution in [0.2, 0.25) is 0 Å². The highest BCUT2D eigenvalue weighted by molar-refractivity contribution is 9.10. The number of aromatic nitrogens is 2. The van der Waals surface area contributed by atoms with Gasteiger partial charge >= 0.3 is 0 Å². The van der Waals surface area contributed by atoms with Crippen LogP contribution < -0.4 is 0 Å². The molecule has 1 N–H and O–H groups in total. The van der Waals surface area contributed by atoms with Crippen LogP contribution in [0.15, 0.2) is 118 Å². The Morgan fingerprint density at radius 3 is 1.57 bits per heavy atom. The third-order valence-electron chi connectivity index (χ3n) is 6.49. The van der Waals surface area contributed by atoms with Crippen LogP contribution in [0.1, 0.15) is 10.4 Å². The number of benzene rings is 5. The van der Waals surface area contributed by atoms with E-state index in [1.165, 1.54) is 0 Å². The summed E-state index contributed by atoms with van der Waals surface area (Å²) in [7, 11) is 0. The lowest BCUT2D eigenvalue weighted by molar-refractivity contribution is 0.112. The molecule has 178 valence electrons. The van der Waals surface area contributed by atoms with E-state index in [1.54, 1.807) is 0 Å². The average Bonchev–Trinajstić information content (AvgIpc) is 3.39. The third kappa shape index (κ3) is 4.68. The average molecular weight is 608 g/mol. The minimum atomic E-state index is 0.672. The number of aromatic amines is 1. The second kappa shape index (κ2) is 9.92. The highest BCUT2D eigenvalue weighted by atomic mass is 79.9. The van der Waals surface area contributed by atoms with E-state index in [4.69, 9.17) is 4.98 Å². The monoisotopic (exact) mass is 606 g/mol. The molecule has 5 heteroatoms. The largest absolute Gasteiger partial charge is 0.337 e.